The van der Waals surface area contributed by atoms with Crippen molar-refractivity contribution in [3.8, 4) is 0 Å². The molecule has 1 unspecified atom stereocenters. The van der Waals surface area contributed by atoms with Crippen LogP contribution < -0.4 is 5.32 Å². The van der Waals surface area contributed by atoms with Crippen molar-refractivity contribution in [2.24, 2.45) is 0 Å². The molecular weight excluding hydrogens is 323 g/mol. The van der Waals surface area contributed by atoms with Crippen LogP contribution in [0.3, 0.4) is 0 Å². The van der Waals surface area contributed by atoms with Crippen molar-refractivity contribution in [1.82, 2.24) is 9.62 Å². The summed E-state index contributed by atoms with van der Waals surface area (Å²) in [7, 11) is -3.47. The van der Waals surface area contributed by atoms with Crippen LogP contribution >= 0.6 is 0 Å². The van der Waals surface area contributed by atoms with E-state index in [2.05, 4.69) is 5.32 Å². The summed E-state index contributed by atoms with van der Waals surface area (Å²) in [6.07, 6.45) is 0.0190. The van der Waals surface area contributed by atoms with Gasteiger partial charge < -0.3 is 10.1 Å². The van der Waals surface area contributed by atoms with Gasteiger partial charge in [0.15, 0.2) is 0 Å². The van der Waals surface area contributed by atoms with E-state index in [0.29, 0.717) is 0 Å². The van der Waals surface area contributed by atoms with Crippen molar-refractivity contribution in [1.29, 1.82) is 0 Å². The third-order valence-electron chi connectivity index (χ3n) is 3.11. The normalized spacial score (nSPS) is 20.8. The Balaban J connectivity index is 0.00000242. The maximum atomic E-state index is 11.9. The van der Waals surface area contributed by atoms with E-state index in [1.54, 1.807) is 30.3 Å². The van der Waals surface area contributed by atoms with Crippen molar-refractivity contribution >= 4 is 51.7 Å². The van der Waals surface area contributed by atoms with E-state index >= 15 is 0 Å². The molecule has 22 heavy (non-hydrogen) atoms. The van der Waals surface area contributed by atoms with Crippen molar-refractivity contribution in [3.05, 3.63) is 35.9 Å². The number of methoxy groups -OCH3 is 1. The number of hydrogen-bond acceptors (Lipinski definition) is 5. The zero-order chi connectivity index (χ0) is 15.7. The molecule has 0 aliphatic carbocycles. The summed E-state index contributed by atoms with van der Waals surface area (Å²) in [5, 5.41) is 2.35. The van der Waals surface area contributed by atoms with Crippen molar-refractivity contribution in [2.75, 3.05) is 13.7 Å². The number of benzene rings is 1. The second kappa shape index (κ2) is 7.07. The molecule has 8 nitrogen and oxygen atoms in total. The fourth-order valence-electron chi connectivity index (χ4n) is 1.98. The van der Waals surface area contributed by atoms with Crippen LogP contribution in [0, 0.1) is 0 Å². The number of hydrogen-bond donors (Lipinski definition) is 2. The molecule has 1 atom stereocenters. The van der Waals surface area contributed by atoms with Gasteiger partial charge in [-0.05, 0) is 5.56 Å². The first-order chi connectivity index (χ1) is 9.78. The standard InChI is InChI=1S/C12H14N2O6S.Na.H/c1-20-12(8-14(11(12)16)21(17,18)19)13-10(15)7-9-5-3-2-4-6-9;;/h2-6H,7-8H2,1H3,(H,13,15)(H,17,18,19);;. The molecule has 0 bridgehead atoms. The molecule has 2 N–H and O–H groups in total. The second-order valence-electron chi connectivity index (χ2n) is 4.53. The van der Waals surface area contributed by atoms with Gasteiger partial charge in [-0.15, -0.1) is 0 Å². The SMILES string of the molecule is COC1(NC(=O)Cc2ccccc2)CN(S(=O)(=O)O)C1=O.[NaH]. The first-order valence-electron chi connectivity index (χ1n) is 5.98. The first-order valence-corrected chi connectivity index (χ1v) is 7.38. The Bertz CT molecular complexity index is 665. The van der Waals surface area contributed by atoms with Gasteiger partial charge in [0.05, 0.1) is 13.0 Å². The second-order valence-corrected chi connectivity index (χ2v) is 5.87. The number of amides is 2. The molecule has 10 heteroatoms. The topological polar surface area (TPSA) is 113 Å². The van der Waals surface area contributed by atoms with E-state index in [1.807, 2.05) is 0 Å². The molecule has 1 fully saturated rings. The van der Waals surface area contributed by atoms with Crippen LogP contribution in [0.5, 0.6) is 0 Å². The monoisotopic (exact) mass is 338 g/mol. The minimum absolute atomic E-state index is 0. The van der Waals surface area contributed by atoms with Crippen LogP contribution in [-0.4, -0.2) is 78.0 Å². The number of carbonyl (C=O) groups is 2. The fraction of sp³-hybridized carbons (Fsp3) is 0.333. The molecule has 2 rings (SSSR count). The predicted molar refractivity (Wildman–Crippen MR) is 78.4 cm³/mol. The molecular formula is C12H15N2NaO6S. The molecule has 1 saturated heterocycles. The van der Waals surface area contributed by atoms with Crippen LogP contribution in [-0.2, 0) is 31.1 Å². The molecule has 1 aliphatic rings. The summed E-state index contributed by atoms with van der Waals surface area (Å²) in [6.45, 7) is -0.471. The molecule has 1 aromatic rings. The Kier molecular flexibility index (Phi) is 6.13. The summed E-state index contributed by atoms with van der Waals surface area (Å²) in [6, 6.07) is 8.82. The quantitative estimate of drug-likeness (QED) is 0.298. The van der Waals surface area contributed by atoms with Gasteiger partial charge in [0.25, 0.3) is 5.91 Å². The zero-order valence-electron chi connectivity index (χ0n) is 11.1. The third-order valence-corrected chi connectivity index (χ3v) is 3.97. The van der Waals surface area contributed by atoms with Crippen LogP contribution in [0.25, 0.3) is 0 Å². The van der Waals surface area contributed by atoms with Gasteiger partial charge in [-0.25, -0.2) is 4.31 Å². The van der Waals surface area contributed by atoms with Crippen molar-refractivity contribution in [2.45, 2.75) is 12.1 Å². The van der Waals surface area contributed by atoms with Crippen molar-refractivity contribution in [3.63, 3.8) is 0 Å². The third kappa shape index (κ3) is 3.86. The van der Waals surface area contributed by atoms with E-state index in [1.165, 1.54) is 7.11 Å². The van der Waals surface area contributed by atoms with Gasteiger partial charge in [0.1, 0.15) is 0 Å². The van der Waals surface area contributed by atoms with Gasteiger partial charge in [-0.3, -0.25) is 14.1 Å². The van der Waals surface area contributed by atoms with Crippen molar-refractivity contribution < 1.29 is 27.3 Å². The number of rotatable bonds is 5. The molecule has 1 heterocycles. The number of ether oxygens (including phenoxy) is 1. The Hall–Kier alpha value is -0.970. The molecule has 0 aromatic heterocycles. The summed E-state index contributed by atoms with van der Waals surface area (Å²) < 4.78 is 35.8. The Morgan fingerprint density at radius 2 is 2.00 bits per heavy atom. The van der Waals surface area contributed by atoms with E-state index in [4.69, 9.17) is 9.29 Å². The Labute approximate surface area is 150 Å². The van der Waals surface area contributed by atoms with Crippen LogP contribution in [0.4, 0.5) is 0 Å². The van der Waals surface area contributed by atoms with Gasteiger partial charge in [0, 0.05) is 7.11 Å². The van der Waals surface area contributed by atoms with E-state index < -0.39 is 34.4 Å². The summed E-state index contributed by atoms with van der Waals surface area (Å²) in [5.41, 5.74) is -1.01. The average Bonchev–Trinajstić information content (AvgIpc) is 2.42. The first kappa shape index (κ1) is 19.1. The molecule has 1 aromatic carbocycles. The average molecular weight is 338 g/mol. The zero-order valence-corrected chi connectivity index (χ0v) is 12.0. The molecule has 116 valence electrons. The Morgan fingerprint density at radius 3 is 2.45 bits per heavy atom. The predicted octanol–water partition coefficient (Wildman–Crippen LogP) is -1.32. The Morgan fingerprint density at radius 1 is 1.41 bits per heavy atom. The number of carbonyl (C=O) groups excluding carboxylic acids is 2. The molecule has 1 aliphatic heterocycles. The fourth-order valence-corrected chi connectivity index (χ4v) is 2.69. The number of nitrogens with one attached hydrogen (secondary N) is 1. The number of β-lactam (4-membered cyclic amide) rings is 1. The summed E-state index contributed by atoms with van der Waals surface area (Å²) in [5.74, 6) is -1.53. The molecule has 0 saturated carbocycles. The van der Waals surface area contributed by atoms with E-state index in [-0.39, 0.29) is 40.3 Å². The maximum absolute atomic E-state index is 11.9. The van der Waals surface area contributed by atoms with Gasteiger partial charge in [-0.2, -0.15) is 8.42 Å². The van der Waals surface area contributed by atoms with Gasteiger partial charge in [-0.1, -0.05) is 30.3 Å². The van der Waals surface area contributed by atoms with Gasteiger partial charge >= 0.3 is 39.9 Å². The van der Waals surface area contributed by atoms with Crippen LogP contribution in [0.2, 0.25) is 0 Å². The molecule has 2 amide bonds. The minimum atomic E-state index is -4.64. The molecule has 0 radical (unpaired) electrons. The van der Waals surface area contributed by atoms with Crippen LogP contribution in [0.15, 0.2) is 30.3 Å². The van der Waals surface area contributed by atoms with Crippen LogP contribution in [0.1, 0.15) is 5.56 Å². The van der Waals surface area contributed by atoms with E-state index in [0.717, 1.165) is 5.56 Å². The summed E-state index contributed by atoms with van der Waals surface area (Å²) in [4.78, 5) is 23.7. The summed E-state index contributed by atoms with van der Waals surface area (Å²) >= 11 is 0. The van der Waals surface area contributed by atoms with Gasteiger partial charge in [0.2, 0.25) is 11.6 Å². The number of nitrogens with zero attached hydrogens (tertiary/aromatic N) is 1. The molecule has 0 spiro atoms. The van der Waals surface area contributed by atoms with E-state index in [9.17, 15) is 18.0 Å².